The van der Waals surface area contributed by atoms with Crippen LogP contribution in [0.25, 0.3) is 11.5 Å². The number of aromatic nitrogens is 2. The van der Waals surface area contributed by atoms with Gasteiger partial charge < -0.3 is 9.73 Å². The Hall–Kier alpha value is -3.18. The molecule has 4 rings (SSSR count). The monoisotopic (exact) mass is 379 g/mol. The summed E-state index contributed by atoms with van der Waals surface area (Å²) < 4.78 is 20.4. The molecule has 27 heavy (non-hydrogen) atoms. The number of anilines is 1. The molecule has 1 aromatic heterocycles. The zero-order valence-corrected chi connectivity index (χ0v) is 14.9. The highest BCUT2D eigenvalue weighted by Crippen LogP contribution is 2.32. The Balaban J connectivity index is 1.76. The molecule has 1 heterocycles. The van der Waals surface area contributed by atoms with Crippen LogP contribution in [0.5, 0.6) is 0 Å². The molecule has 0 aliphatic heterocycles. The van der Waals surface area contributed by atoms with Crippen molar-refractivity contribution in [2.24, 2.45) is 0 Å². The SMILES string of the molecule is Fc1ccccc1[C@H](Nc1ccccc1Cl)c1nnc(-c2ccccc2)o1. The maximum atomic E-state index is 14.5. The molecule has 0 bridgehead atoms. The van der Waals surface area contributed by atoms with Gasteiger partial charge in [0.1, 0.15) is 11.9 Å². The van der Waals surface area contributed by atoms with Crippen LogP contribution in [-0.2, 0) is 0 Å². The minimum atomic E-state index is -0.684. The zero-order chi connectivity index (χ0) is 18.6. The van der Waals surface area contributed by atoms with Gasteiger partial charge in [-0.2, -0.15) is 0 Å². The second-order valence-electron chi connectivity index (χ2n) is 5.89. The molecule has 4 aromatic rings. The van der Waals surface area contributed by atoms with Gasteiger partial charge in [-0.05, 0) is 30.3 Å². The minimum absolute atomic E-state index is 0.249. The van der Waals surface area contributed by atoms with Crippen LogP contribution >= 0.6 is 11.6 Å². The van der Waals surface area contributed by atoms with Gasteiger partial charge in [0.15, 0.2) is 0 Å². The molecule has 3 aromatic carbocycles. The Morgan fingerprint density at radius 3 is 2.33 bits per heavy atom. The molecular weight excluding hydrogens is 365 g/mol. The van der Waals surface area contributed by atoms with Gasteiger partial charge >= 0.3 is 0 Å². The first kappa shape index (κ1) is 17.2. The van der Waals surface area contributed by atoms with Gasteiger partial charge in [-0.25, -0.2) is 4.39 Å². The number of para-hydroxylation sites is 1. The molecule has 4 nitrogen and oxygen atoms in total. The van der Waals surface area contributed by atoms with Gasteiger partial charge in [0.05, 0.1) is 10.7 Å². The van der Waals surface area contributed by atoms with Crippen molar-refractivity contribution in [1.82, 2.24) is 10.2 Å². The standard InChI is InChI=1S/C21H15ClFN3O/c22-16-11-5-7-13-18(16)24-19(15-10-4-6-12-17(15)23)21-26-25-20(27-21)14-8-2-1-3-9-14/h1-13,19,24H/t19-/m0/s1. The van der Waals surface area contributed by atoms with Crippen LogP contribution in [0.2, 0.25) is 5.02 Å². The van der Waals surface area contributed by atoms with E-state index in [4.69, 9.17) is 16.0 Å². The molecular formula is C21H15ClFN3O. The van der Waals surface area contributed by atoms with Gasteiger partial charge in [0.25, 0.3) is 0 Å². The Bertz CT molecular complexity index is 1050. The summed E-state index contributed by atoms with van der Waals surface area (Å²) >= 11 is 6.26. The molecule has 134 valence electrons. The fourth-order valence-corrected chi connectivity index (χ4v) is 2.95. The first-order valence-corrected chi connectivity index (χ1v) is 8.74. The smallest absolute Gasteiger partial charge is 0.247 e. The Kier molecular flexibility index (Phi) is 4.85. The lowest BCUT2D eigenvalue weighted by atomic mass is 10.1. The van der Waals surface area contributed by atoms with Crippen molar-refractivity contribution in [3.8, 4) is 11.5 Å². The van der Waals surface area contributed by atoms with E-state index in [-0.39, 0.29) is 11.7 Å². The van der Waals surface area contributed by atoms with E-state index in [1.807, 2.05) is 48.5 Å². The van der Waals surface area contributed by atoms with Gasteiger partial charge in [0.2, 0.25) is 11.8 Å². The number of hydrogen-bond donors (Lipinski definition) is 1. The predicted octanol–water partition coefficient (Wildman–Crippen LogP) is 5.73. The molecule has 0 saturated carbocycles. The summed E-state index contributed by atoms with van der Waals surface area (Å²) in [4.78, 5) is 0. The Labute approximate surface area is 160 Å². The van der Waals surface area contributed by atoms with Crippen molar-refractivity contribution in [2.75, 3.05) is 5.32 Å². The fraction of sp³-hybridized carbons (Fsp3) is 0.0476. The van der Waals surface area contributed by atoms with E-state index in [9.17, 15) is 4.39 Å². The molecule has 0 unspecified atom stereocenters. The van der Waals surface area contributed by atoms with Crippen molar-refractivity contribution in [2.45, 2.75) is 6.04 Å². The third kappa shape index (κ3) is 3.68. The second kappa shape index (κ2) is 7.60. The fourth-order valence-electron chi connectivity index (χ4n) is 2.76. The lowest BCUT2D eigenvalue weighted by Crippen LogP contribution is -2.14. The highest BCUT2D eigenvalue weighted by molar-refractivity contribution is 6.33. The molecule has 0 amide bonds. The maximum Gasteiger partial charge on any atom is 0.247 e. The van der Waals surface area contributed by atoms with Crippen LogP contribution in [0, 0.1) is 5.82 Å². The van der Waals surface area contributed by atoms with E-state index in [1.165, 1.54) is 6.07 Å². The molecule has 6 heteroatoms. The lowest BCUT2D eigenvalue weighted by molar-refractivity contribution is 0.485. The molecule has 0 radical (unpaired) electrons. The molecule has 0 spiro atoms. The van der Waals surface area contributed by atoms with E-state index >= 15 is 0 Å². The Morgan fingerprint density at radius 1 is 0.852 bits per heavy atom. The maximum absolute atomic E-state index is 14.5. The second-order valence-corrected chi connectivity index (χ2v) is 6.30. The molecule has 1 N–H and O–H groups in total. The number of benzene rings is 3. The number of nitrogens with zero attached hydrogens (tertiary/aromatic N) is 2. The highest BCUT2D eigenvalue weighted by atomic mass is 35.5. The highest BCUT2D eigenvalue weighted by Gasteiger charge is 2.24. The zero-order valence-electron chi connectivity index (χ0n) is 14.1. The normalized spacial score (nSPS) is 11.9. The summed E-state index contributed by atoms with van der Waals surface area (Å²) in [5, 5.41) is 12.0. The van der Waals surface area contributed by atoms with E-state index in [0.717, 1.165) is 5.56 Å². The van der Waals surface area contributed by atoms with Crippen LogP contribution in [0.3, 0.4) is 0 Å². The lowest BCUT2D eigenvalue weighted by Gasteiger charge is -2.18. The van der Waals surface area contributed by atoms with Crippen molar-refractivity contribution in [1.29, 1.82) is 0 Å². The van der Waals surface area contributed by atoms with Crippen molar-refractivity contribution >= 4 is 17.3 Å². The van der Waals surface area contributed by atoms with Crippen LogP contribution < -0.4 is 5.32 Å². The summed E-state index contributed by atoms with van der Waals surface area (Å²) in [5.74, 6) is 0.244. The Morgan fingerprint density at radius 2 is 1.56 bits per heavy atom. The van der Waals surface area contributed by atoms with E-state index < -0.39 is 6.04 Å². The van der Waals surface area contributed by atoms with Crippen LogP contribution in [-0.4, -0.2) is 10.2 Å². The predicted molar refractivity (Wildman–Crippen MR) is 103 cm³/mol. The van der Waals surface area contributed by atoms with E-state index in [2.05, 4.69) is 15.5 Å². The van der Waals surface area contributed by atoms with Crippen molar-refractivity contribution in [3.05, 3.63) is 101 Å². The van der Waals surface area contributed by atoms with Gasteiger partial charge in [-0.1, -0.05) is 60.1 Å². The minimum Gasteiger partial charge on any atom is -0.418 e. The van der Waals surface area contributed by atoms with Gasteiger partial charge in [0, 0.05) is 11.1 Å². The number of halogens is 2. The average Bonchev–Trinajstić information content (AvgIpc) is 3.19. The third-order valence-corrected chi connectivity index (χ3v) is 4.43. The molecule has 0 fully saturated rings. The van der Waals surface area contributed by atoms with Gasteiger partial charge in [-0.15, -0.1) is 10.2 Å². The largest absolute Gasteiger partial charge is 0.418 e. The third-order valence-electron chi connectivity index (χ3n) is 4.10. The van der Waals surface area contributed by atoms with Crippen molar-refractivity contribution in [3.63, 3.8) is 0 Å². The molecule has 1 atom stereocenters. The first-order chi connectivity index (χ1) is 13.2. The quantitative estimate of drug-likeness (QED) is 0.481. The van der Waals surface area contributed by atoms with Crippen molar-refractivity contribution < 1.29 is 8.81 Å². The summed E-state index contributed by atoms with van der Waals surface area (Å²) in [7, 11) is 0. The van der Waals surface area contributed by atoms with Crippen LogP contribution in [0.15, 0.2) is 83.3 Å². The molecule has 0 aliphatic carbocycles. The summed E-state index contributed by atoms with van der Waals surface area (Å²) in [6, 6.07) is 22.4. The number of hydrogen-bond acceptors (Lipinski definition) is 4. The molecule has 0 saturated heterocycles. The number of nitrogens with one attached hydrogen (secondary N) is 1. The van der Waals surface area contributed by atoms with Gasteiger partial charge in [-0.3, -0.25) is 0 Å². The topological polar surface area (TPSA) is 51.0 Å². The van der Waals surface area contributed by atoms with Crippen LogP contribution in [0.1, 0.15) is 17.5 Å². The van der Waals surface area contributed by atoms with E-state index in [0.29, 0.717) is 22.2 Å². The van der Waals surface area contributed by atoms with E-state index in [1.54, 1.807) is 24.3 Å². The first-order valence-electron chi connectivity index (χ1n) is 8.36. The summed E-state index contributed by atoms with van der Waals surface area (Å²) in [5.41, 5.74) is 1.83. The number of rotatable bonds is 5. The van der Waals surface area contributed by atoms with Crippen LogP contribution in [0.4, 0.5) is 10.1 Å². The summed E-state index contributed by atoms with van der Waals surface area (Å²) in [6.45, 7) is 0. The summed E-state index contributed by atoms with van der Waals surface area (Å²) in [6.07, 6.45) is 0. The average molecular weight is 380 g/mol. The molecule has 0 aliphatic rings.